The highest BCUT2D eigenvalue weighted by Crippen LogP contribution is 2.28. The summed E-state index contributed by atoms with van der Waals surface area (Å²) < 4.78 is 15.2. The first-order chi connectivity index (χ1) is 10.3. The fraction of sp³-hybridized carbons (Fsp3) is 0.438. The van der Waals surface area contributed by atoms with E-state index in [1.807, 2.05) is 12.5 Å². The molecule has 112 valence electrons. The Morgan fingerprint density at radius 3 is 2.62 bits per heavy atom. The van der Waals surface area contributed by atoms with E-state index in [9.17, 15) is 0 Å². The molecule has 1 saturated heterocycles. The molecule has 4 nitrogen and oxygen atoms in total. The lowest BCUT2D eigenvalue weighted by Gasteiger charge is -2.37. The van der Waals surface area contributed by atoms with Crippen molar-refractivity contribution in [2.24, 2.45) is 0 Å². The van der Waals surface area contributed by atoms with Gasteiger partial charge in [0.2, 0.25) is 0 Å². The summed E-state index contributed by atoms with van der Waals surface area (Å²) in [5, 5.41) is 0. The topological polar surface area (TPSA) is 36.3 Å². The van der Waals surface area contributed by atoms with Crippen LogP contribution in [-0.2, 0) is 22.4 Å². The molecule has 0 N–H and O–H groups in total. The van der Waals surface area contributed by atoms with Gasteiger partial charge in [0.05, 0.1) is 19.5 Å². The number of aromatic nitrogens is 2. The largest absolute Gasteiger partial charge is 0.349 e. The number of rotatable bonds is 5. The maximum absolute atomic E-state index is 6.03. The van der Waals surface area contributed by atoms with Gasteiger partial charge in [0, 0.05) is 36.3 Å². The maximum Gasteiger partial charge on any atom is 0.173 e. The van der Waals surface area contributed by atoms with Crippen molar-refractivity contribution in [3.8, 4) is 0 Å². The predicted octanol–water partition coefficient (Wildman–Crippen LogP) is 3.41. The first-order valence-corrected chi connectivity index (χ1v) is 8.03. The second-order valence-corrected chi connectivity index (χ2v) is 6.23. The third-order valence-electron chi connectivity index (χ3n) is 3.72. The van der Waals surface area contributed by atoms with Crippen molar-refractivity contribution in [1.29, 1.82) is 0 Å². The SMILES string of the molecule is Brc1ccc(CC2(CCn3ccnc3)OCCCO2)cc1. The van der Waals surface area contributed by atoms with Gasteiger partial charge in [-0.25, -0.2) is 4.98 Å². The van der Waals surface area contributed by atoms with Gasteiger partial charge in [-0.1, -0.05) is 28.1 Å². The Labute approximate surface area is 133 Å². The van der Waals surface area contributed by atoms with Gasteiger partial charge < -0.3 is 14.0 Å². The summed E-state index contributed by atoms with van der Waals surface area (Å²) in [6, 6.07) is 8.35. The van der Waals surface area contributed by atoms with Crippen LogP contribution in [0.1, 0.15) is 18.4 Å². The summed E-state index contributed by atoms with van der Waals surface area (Å²) >= 11 is 3.47. The number of hydrogen-bond donors (Lipinski definition) is 0. The minimum Gasteiger partial charge on any atom is -0.349 e. The highest BCUT2D eigenvalue weighted by atomic mass is 79.9. The molecule has 2 heterocycles. The smallest absolute Gasteiger partial charge is 0.173 e. The number of nitrogens with zero attached hydrogens (tertiary/aromatic N) is 2. The Hall–Kier alpha value is -1.17. The molecular weight excluding hydrogens is 332 g/mol. The Balaban J connectivity index is 1.71. The molecule has 1 aliphatic rings. The summed E-state index contributed by atoms with van der Waals surface area (Å²) in [6.45, 7) is 2.37. The van der Waals surface area contributed by atoms with Crippen LogP contribution >= 0.6 is 15.9 Å². The Morgan fingerprint density at radius 1 is 1.19 bits per heavy atom. The monoisotopic (exact) mass is 350 g/mol. The van der Waals surface area contributed by atoms with Gasteiger partial charge in [0.15, 0.2) is 5.79 Å². The molecule has 0 radical (unpaired) electrons. The van der Waals surface area contributed by atoms with E-state index >= 15 is 0 Å². The number of imidazole rings is 1. The summed E-state index contributed by atoms with van der Waals surface area (Å²) in [5.74, 6) is -0.518. The van der Waals surface area contributed by atoms with Gasteiger partial charge in [0.1, 0.15) is 0 Å². The molecule has 1 aromatic heterocycles. The van der Waals surface area contributed by atoms with Crippen LogP contribution in [0.15, 0.2) is 47.5 Å². The van der Waals surface area contributed by atoms with Crippen LogP contribution in [-0.4, -0.2) is 28.6 Å². The lowest BCUT2D eigenvalue weighted by Crippen LogP contribution is -2.43. The van der Waals surface area contributed by atoms with Crippen LogP contribution < -0.4 is 0 Å². The number of halogens is 1. The van der Waals surface area contributed by atoms with E-state index in [1.54, 1.807) is 6.20 Å². The van der Waals surface area contributed by atoms with E-state index in [2.05, 4.69) is 49.7 Å². The van der Waals surface area contributed by atoms with Gasteiger partial charge in [-0.05, 0) is 24.1 Å². The molecule has 0 saturated carbocycles. The molecule has 0 spiro atoms. The molecule has 1 fully saturated rings. The van der Waals surface area contributed by atoms with Gasteiger partial charge >= 0.3 is 0 Å². The van der Waals surface area contributed by atoms with Crippen LogP contribution in [0.4, 0.5) is 0 Å². The minimum absolute atomic E-state index is 0.518. The molecule has 0 amide bonds. The van der Waals surface area contributed by atoms with E-state index in [0.717, 1.165) is 43.5 Å². The summed E-state index contributed by atoms with van der Waals surface area (Å²) in [5.41, 5.74) is 1.23. The van der Waals surface area contributed by atoms with Gasteiger partial charge in [-0.2, -0.15) is 0 Å². The van der Waals surface area contributed by atoms with Crippen molar-refractivity contribution < 1.29 is 9.47 Å². The first kappa shape index (κ1) is 14.8. The molecule has 1 aliphatic heterocycles. The third-order valence-corrected chi connectivity index (χ3v) is 4.24. The quantitative estimate of drug-likeness (QED) is 0.828. The van der Waals surface area contributed by atoms with Crippen molar-refractivity contribution in [2.75, 3.05) is 13.2 Å². The normalized spacial score (nSPS) is 17.8. The molecule has 3 rings (SSSR count). The van der Waals surface area contributed by atoms with Crippen LogP contribution in [0.5, 0.6) is 0 Å². The van der Waals surface area contributed by atoms with E-state index in [-0.39, 0.29) is 0 Å². The average molecular weight is 351 g/mol. The molecule has 1 aromatic carbocycles. The predicted molar refractivity (Wildman–Crippen MR) is 83.9 cm³/mol. The molecule has 2 aromatic rings. The molecule has 0 bridgehead atoms. The van der Waals surface area contributed by atoms with E-state index in [1.165, 1.54) is 5.56 Å². The summed E-state index contributed by atoms with van der Waals surface area (Å²) in [4.78, 5) is 4.08. The third kappa shape index (κ3) is 3.93. The molecule has 0 aliphatic carbocycles. The lowest BCUT2D eigenvalue weighted by molar-refractivity contribution is -0.270. The lowest BCUT2D eigenvalue weighted by atomic mass is 10.0. The van der Waals surface area contributed by atoms with Crippen LogP contribution in [0, 0.1) is 0 Å². The van der Waals surface area contributed by atoms with Crippen LogP contribution in [0.25, 0.3) is 0 Å². The Bertz CT molecular complexity index is 548. The second-order valence-electron chi connectivity index (χ2n) is 5.31. The maximum atomic E-state index is 6.03. The minimum atomic E-state index is -0.518. The van der Waals surface area contributed by atoms with Crippen LogP contribution in [0.2, 0.25) is 0 Å². The zero-order chi connectivity index (χ0) is 14.5. The zero-order valence-electron chi connectivity index (χ0n) is 11.9. The van der Waals surface area contributed by atoms with Crippen LogP contribution in [0.3, 0.4) is 0 Å². The Kier molecular flexibility index (Phi) is 4.73. The second kappa shape index (κ2) is 6.73. The summed E-state index contributed by atoms with van der Waals surface area (Å²) in [7, 11) is 0. The van der Waals surface area contributed by atoms with Crippen molar-refractivity contribution in [2.45, 2.75) is 31.6 Å². The summed E-state index contributed by atoms with van der Waals surface area (Å²) in [6.07, 6.45) is 8.15. The fourth-order valence-electron chi connectivity index (χ4n) is 2.58. The molecule has 0 atom stereocenters. The molecule has 21 heavy (non-hydrogen) atoms. The van der Waals surface area contributed by atoms with Crippen molar-refractivity contribution in [3.05, 3.63) is 53.0 Å². The number of aryl methyl sites for hydroxylation is 1. The highest BCUT2D eigenvalue weighted by molar-refractivity contribution is 9.10. The van der Waals surface area contributed by atoms with Gasteiger partial charge in [-0.15, -0.1) is 0 Å². The van der Waals surface area contributed by atoms with Crippen molar-refractivity contribution >= 4 is 15.9 Å². The molecular formula is C16H19BrN2O2. The molecule has 0 unspecified atom stereocenters. The van der Waals surface area contributed by atoms with Crippen molar-refractivity contribution in [1.82, 2.24) is 9.55 Å². The van der Waals surface area contributed by atoms with E-state index in [0.29, 0.717) is 0 Å². The first-order valence-electron chi connectivity index (χ1n) is 7.24. The number of hydrogen-bond acceptors (Lipinski definition) is 3. The van der Waals surface area contributed by atoms with E-state index in [4.69, 9.17) is 9.47 Å². The van der Waals surface area contributed by atoms with Gasteiger partial charge in [-0.3, -0.25) is 0 Å². The standard InChI is InChI=1S/C16H19BrN2O2/c17-15-4-2-14(3-5-15)12-16(20-10-1-11-21-16)6-8-19-9-7-18-13-19/h2-5,7,9,13H,1,6,8,10-12H2. The van der Waals surface area contributed by atoms with Crippen molar-refractivity contribution in [3.63, 3.8) is 0 Å². The van der Waals surface area contributed by atoms with E-state index < -0.39 is 5.79 Å². The number of benzene rings is 1. The fourth-order valence-corrected chi connectivity index (χ4v) is 2.85. The average Bonchev–Trinajstić information content (AvgIpc) is 3.02. The highest BCUT2D eigenvalue weighted by Gasteiger charge is 2.34. The molecule has 5 heteroatoms. The number of ether oxygens (including phenoxy) is 2. The van der Waals surface area contributed by atoms with Gasteiger partial charge in [0.25, 0.3) is 0 Å². The Morgan fingerprint density at radius 2 is 1.95 bits per heavy atom. The zero-order valence-corrected chi connectivity index (χ0v) is 13.5.